The van der Waals surface area contributed by atoms with Crippen molar-refractivity contribution in [1.29, 1.82) is 4.78 Å². The second kappa shape index (κ2) is 8.68. The van der Waals surface area contributed by atoms with Crippen LogP contribution < -0.4 is 15.4 Å². The van der Waals surface area contributed by atoms with Crippen LogP contribution in [0.4, 0.5) is 22.1 Å². The Bertz CT molecular complexity index is 941. The van der Waals surface area contributed by atoms with Gasteiger partial charge in [0.05, 0.1) is 11.9 Å². The molecular formula is C18H27N7O3S. The zero-order chi connectivity index (χ0) is 21.0. The highest BCUT2D eigenvalue weighted by Crippen LogP contribution is 2.36. The lowest BCUT2D eigenvalue weighted by Gasteiger charge is -2.14. The molecule has 1 aliphatic carbocycles. The molecule has 0 radical (unpaired) electrons. The first kappa shape index (κ1) is 20.9. The van der Waals surface area contributed by atoms with Crippen LogP contribution in [0.1, 0.15) is 44.7 Å². The number of carbonyl (C=O) groups is 1. The molecule has 1 aliphatic rings. The predicted molar refractivity (Wildman–Crippen MR) is 112 cm³/mol. The second-order valence-corrected chi connectivity index (χ2v) is 9.44. The summed E-state index contributed by atoms with van der Waals surface area (Å²) in [5.74, 6) is 1.47. The molecule has 3 atom stereocenters. The molecule has 2 heterocycles. The van der Waals surface area contributed by atoms with E-state index in [2.05, 4.69) is 30.5 Å². The molecule has 11 heteroatoms. The normalized spacial score (nSPS) is 20.8. The maximum absolute atomic E-state index is 11.8. The molecule has 3 rings (SSSR count). The van der Waals surface area contributed by atoms with Gasteiger partial charge in [0.1, 0.15) is 21.8 Å². The number of pyridine rings is 1. The van der Waals surface area contributed by atoms with Crippen LogP contribution in [-0.2, 0) is 14.7 Å². The Morgan fingerprint density at radius 2 is 2.14 bits per heavy atom. The van der Waals surface area contributed by atoms with Crippen LogP contribution in [0.3, 0.4) is 0 Å². The highest BCUT2D eigenvalue weighted by atomic mass is 32.2. The van der Waals surface area contributed by atoms with Gasteiger partial charge in [0.15, 0.2) is 5.82 Å². The molecule has 2 aromatic heterocycles. The van der Waals surface area contributed by atoms with Crippen molar-refractivity contribution in [2.45, 2.75) is 51.2 Å². The van der Waals surface area contributed by atoms with Crippen LogP contribution in [0, 0.1) is 4.78 Å². The fourth-order valence-corrected chi connectivity index (χ4v) is 3.82. The third kappa shape index (κ3) is 6.34. The summed E-state index contributed by atoms with van der Waals surface area (Å²) in [4.78, 5) is 16.0. The first-order chi connectivity index (χ1) is 13.7. The van der Waals surface area contributed by atoms with Crippen molar-refractivity contribution in [3.05, 3.63) is 30.1 Å². The SMILES string of the molecule is CC(C)NC(=O)O[C@H]1CC[C@@H](c2cc(Nc3ccc(NS(C)(=N)=O)cn3)n[nH]2)C1. The van der Waals surface area contributed by atoms with Crippen molar-refractivity contribution in [1.82, 2.24) is 20.5 Å². The Balaban J connectivity index is 1.54. The summed E-state index contributed by atoms with van der Waals surface area (Å²) >= 11 is 0. The maximum atomic E-state index is 11.8. The summed E-state index contributed by atoms with van der Waals surface area (Å²) in [6.07, 6.45) is 4.86. The summed E-state index contributed by atoms with van der Waals surface area (Å²) in [5.41, 5.74) is 1.50. The smallest absolute Gasteiger partial charge is 0.407 e. The molecule has 1 fully saturated rings. The Kier molecular flexibility index (Phi) is 6.26. The Morgan fingerprint density at radius 3 is 2.79 bits per heavy atom. The number of rotatable bonds is 7. The van der Waals surface area contributed by atoms with Gasteiger partial charge in [-0.25, -0.2) is 18.8 Å². The first-order valence-corrected chi connectivity index (χ1v) is 11.4. The molecule has 0 aliphatic heterocycles. The number of hydrogen-bond donors (Lipinski definition) is 5. The lowest BCUT2D eigenvalue weighted by atomic mass is 10.0. The van der Waals surface area contributed by atoms with Gasteiger partial charge >= 0.3 is 6.09 Å². The minimum Gasteiger partial charge on any atom is -0.446 e. The standard InChI is InChI=1S/C18H27N7O3S/c1-11(2)21-18(26)28-14-6-4-12(8-14)15-9-17(24-23-15)22-16-7-5-13(10-20-16)25-29(3,19)27/h5,7,9-12,14H,4,6,8H2,1-3H3,(H,21,26)(H2,19,25,27)(H2,20,22,23,24)/t12-,14+,29?/m1/s1. The van der Waals surface area contributed by atoms with E-state index in [1.54, 1.807) is 12.1 Å². The molecule has 10 nitrogen and oxygen atoms in total. The van der Waals surface area contributed by atoms with Gasteiger partial charge in [-0.2, -0.15) is 5.10 Å². The van der Waals surface area contributed by atoms with Gasteiger partial charge in [-0.3, -0.25) is 9.82 Å². The monoisotopic (exact) mass is 421 g/mol. The van der Waals surface area contributed by atoms with E-state index >= 15 is 0 Å². The van der Waals surface area contributed by atoms with Crippen molar-refractivity contribution in [3.63, 3.8) is 0 Å². The van der Waals surface area contributed by atoms with Crippen LogP contribution in [-0.4, -0.2) is 43.9 Å². The largest absolute Gasteiger partial charge is 0.446 e. The van der Waals surface area contributed by atoms with Crippen molar-refractivity contribution in [3.8, 4) is 0 Å². The predicted octanol–water partition coefficient (Wildman–Crippen LogP) is 3.32. The van der Waals surface area contributed by atoms with E-state index in [1.807, 2.05) is 19.9 Å². The van der Waals surface area contributed by atoms with Gasteiger partial charge in [0, 0.05) is 30.0 Å². The molecule has 158 valence electrons. The van der Waals surface area contributed by atoms with Crippen LogP contribution in [0.5, 0.6) is 0 Å². The van der Waals surface area contributed by atoms with Crippen LogP contribution in [0.15, 0.2) is 24.4 Å². The average molecular weight is 422 g/mol. The molecule has 0 spiro atoms. The Morgan fingerprint density at radius 1 is 1.34 bits per heavy atom. The van der Waals surface area contributed by atoms with E-state index in [9.17, 15) is 9.00 Å². The topological polar surface area (TPSA) is 145 Å². The number of alkyl carbamates (subject to hydrolysis) is 1. The van der Waals surface area contributed by atoms with Crippen molar-refractivity contribution < 1.29 is 13.7 Å². The average Bonchev–Trinajstić information content (AvgIpc) is 3.24. The van der Waals surface area contributed by atoms with E-state index < -0.39 is 9.92 Å². The molecular weight excluding hydrogens is 394 g/mol. The van der Waals surface area contributed by atoms with Gasteiger partial charge in [-0.15, -0.1) is 0 Å². The third-order valence-corrected chi connectivity index (χ3v) is 5.06. The highest BCUT2D eigenvalue weighted by molar-refractivity contribution is 7.93. The van der Waals surface area contributed by atoms with Crippen molar-refractivity contribution in [2.75, 3.05) is 16.3 Å². The lowest BCUT2D eigenvalue weighted by Crippen LogP contribution is -2.33. The fourth-order valence-electron chi connectivity index (χ4n) is 3.24. The number of ether oxygens (including phenoxy) is 1. The molecule has 29 heavy (non-hydrogen) atoms. The number of hydrogen-bond acceptors (Lipinski definition) is 7. The van der Waals surface area contributed by atoms with Crippen molar-refractivity contribution in [2.24, 2.45) is 0 Å². The fraction of sp³-hybridized carbons (Fsp3) is 0.500. The molecule has 5 N–H and O–H groups in total. The number of carbonyl (C=O) groups excluding carboxylic acids is 1. The molecule has 0 bridgehead atoms. The molecule has 1 amide bonds. The summed E-state index contributed by atoms with van der Waals surface area (Å²) < 4.78 is 26.9. The lowest BCUT2D eigenvalue weighted by molar-refractivity contribution is 0.0981. The van der Waals surface area contributed by atoms with E-state index in [1.165, 1.54) is 12.5 Å². The highest BCUT2D eigenvalue weighted by Gasteiger charge is 2.30. The maximum Gasteiger partial charge on any atom is 0.407 e. The van der Waals surface area contributed by atoms with Gasteiger partial charge in [0.25, 0.3) is 0 Å². The number of nitrogens with zero attached hydrogens (tertiary/aromatic N) is 2. The number of aromatic amines is 1. The number of nitrogens with one attached hydrogen (secondary N) is 5. The summed E-state index contributed by atoms with van der Waals surface area (Å²) in [6.45, 7) is 3.79. The molecule has 1 saturated carbocycles. The molecule has 2 aromatic rings. The summed E-state index contributed by atoms with van der Waals surface area (Å²) in [7, 11) is -2.84. The van der Waals surface area contributed by atoms with Gasteiger partial charge in [0.2, 0.25) is 0 Å². The van der Waals surface area contributed by atoms with Crippen LogP contribution in [0.2, 0.25) is 0 Å². The summed E-state index contributed by atoms with van der Waals surface area (Å²) in [6, 6.07) is 5.39. The molecule has 0 saturated heterocycles. The van der Waals surface area contributed by atoms with E-state index in [0.717, 1.165) is 25.0 Å². The minimum atomic E-state index is -2.84. The van der Waals surface area contributed by atoms with Gasteiger partial charge in [-0.1, -0.05) is 0 Å². The van der Waals surface area contributed by atoms with E-state index in [-0.39, 0.29) is 24.2 Å². The van der Waals surface area contributed by atoms with Crippen molar-refractivity contribution >= 4 is 33.3 Å². The molecule has 1 unspecified atom stereocenters. The second-order valence-electron chi connectivity index (χ2n) is 7.55. The van der Waals surface area contributed by atoms with E-state index in [4.69, 9.17) is 9.52 Å². The third-order valence-electron chi connectivity index (χ3n) is 4.43. The van der Waals surface area contributed by atoms with Crippen LogP contribution >= 0.6 is 0 Å². The minimum absolute atomic E-state index is 0.0532. The number of amides is 1. The number of H-pyrrole nitrogens is 1. The summed E-state index contributed by atoms with van der Waals surface area (Å²) in [5, 5.41) is 13.2. The van der Waals surface area contributed by atoms with Gasteiger partial charge < -0.3 is 15.4 Å². The first-order valence-electron chi connectivity index (χ1n) is 9.45. The number of aromatic nitrogens is 3. The Labute approximate surface area is 170 Å². The van der Waals surface area contributed by atoms with Crippen LogP contribution in [0.25, 0.3) is 0 Å². The van der Waals surface area contributed by atoms with E-state index in [0.29, 0.717) is 17.3 Å². The zero-order valence-corrected chi connectivity index (χ0v) is 17.5. The number of anilines is 3. The molecule has 0 aromatic carbocycles. The van der Waals surface area contributed by atoms with Gasteiger partial charge in [-0.05, 0) is 45.2 Å². The zero-order valence-electron chi connectivity index (χ0n) is 16.7. The Hall–Kier alpha value is -2.82. The quantitative estimate of drug-likeness (QED) is 0.464.